The van der Waals surface area contributed by atoms with Gasteiger partial charge >= 0.3 is 5.97 Å². The van der Waals surface area contributed by atoms with Crippen LogP contribution in [0.1, 0.15) is 40.0 Å². The van der Waals surface area contributed by atoms with E-state index in [0.717, 1.165) is 11.1 Å². The van der Waals surface area contributed by atoms with E-state index in [2.05, 4.69) is 10.6 Å². The normalized spacial score (nSPS) is 11.4. The zero-order chi connectivity index (χ0) is 20.7. The zero-order valence-electron chi connectivity index (χ0n) is 16.1. The Labute approximate surface area is 163 Å². The number of para-hydroxylation sites is 1. The van der Waals surface area contributed by atoms with E-state index in [0.29, 0.717) is 23.5 Å². The van der Waals surface area contributed by atoms with Gasteiger partial charge in [-0.05, 0) is 49.6 Å². The molecule has 1 unspecified atom stereocenters. The summed E-state index contributed by atoms with van der Waals surface area (Å²) < 4.78 is 5.40. The molecule has 0 saturated carbocycles. The van der Waals surface area contributed by atoms with Crippen molar-refractivity contribution < 1.29 is 24.2 Å². The summed E-state index contributed by atoms with van der Waals surface area (Å²) in [5.74, 6) is -1.83. The largest absolute Gasteiger partial charge is 0.493 e. The molecule has 7 heteroatoms. The van der Waals surface area contributed by atoms with Gasteiger partial charge in [-0.2, -0.15) is 0 Å². The molecular formula is C21H24N2O5. The summed E-state index contributed by atoms with van der Waals surface area (Å²) in [6.45, 7) is 5.53. The van der Waals surface area contributed by atoms with Crippen molar-refractivity contribution in [1.29, 1.82) is 0 Å². The van der Waals surface area contributed by atoms with Crippen LogP contribution in [0.3, 0.4) is 0 Å². The third-order valence-electron chi connectivity index (χ3n) is 4.35. The van der Waals surface area contributed by atoms with Crippen molar-refractivity contribution in [1.82, 2.24) is 10.6 Å². The van der Waals surface area contributed by atoms with E-state index < -0.39 is 23.8 Å². The van der Waals surface area contributed by atoms with Crippen molar-refractivity contribution in [3.63, 3.8) is 0 Å². The Morgan fingerprint density at radius 1 is 1.07 bits per heavy atom. The highest BCUT2D eigenvalue weighted by Gasteiger charge is 2.24. The maximum absolute atomic E-state index is 12.3. The van der Waals surface area contributed by atoms with Crippen LogP contribution in [0.25, 0.3) is 0 Å². The van der Waals surface area contributed by atoms with Gasteiger partial charge in [0.15, 0.2) is 6.04 Å². The fourth-order valence-electron chi connectivity index (χ4n) is 2.76. The summed E-state index contributed by atoms with van der Waals surface area (Å²) in [4.78, 5) is 36.3. The number of benzene rings is 2. The molecule has 0 aliphatic rings. The van der Waals surface area contributed by atoms with E-state index in [1.165, 1.54) is 0 Å². The number of carbonyl (C=O) groups excluding carboxylic acids is 2. The van der Waals surface area contributed by atoms with Crippen LogP contribution < -0.4 is 15.4 Å². The van der Waals surface area contributed by atoms with E-state index in [4.69, 9.17) is 4.74 Å². The van der Waals surface area contributed by atoms with Gasteiger partial charge in [0.2, 0.25) is 5.91 Å². The summed E-state index contributed by atoms with van der Waals surface area (Å²) in [7, 11) is 0. The van der Waals surface area contributed by atoms with Crippen LogP contribution in [0.15, 0.2) is 42.5 Å². The number of nitrogens with one attached hydrogen (secondary N) is 2. The number of carboxylic acid groups (broad SMARTS) is 1. The molecule has 0 aliphatic carbocycles. The first-order valence-electron chi connectivity index (χ1n) is 8.93. The Bertz CT molecular complexity index is 879. The molecule has 2 amide bonds. The number of carboxylic acids is 1. The summed E-state index contributed by atoms with van der Waals surface area (Å²) in [6, 6.07) is 10.8. The number of carbonyl (C=O) groups is 3. The Hall–Kier alpha value is -3.35. The Balaban J connectivity index is 2.05. The van der Waals surface area contributed by atoms with E-state index >= 15 is 0 Å². The number of aliphatic carboxylic acids is 1. The molecule has 0 spiro atoms. The lowest BCUT2D eigenvalue weighted by atomic mass is 9.97. The first kappa shape index (κ1) is 21.0. The maximum atomic E-state index is 12.3. The SMILES string of the molecule is CCOc1ccccc1C(=O)NCC(=O)NC(C(=O)O)c1cccc(C)c1C. The fourth-order valence-corrected chi connectivity index (χ4v) is 2.76. The molecule has 3 N–H and O–H groups in total. The minimum atomic E-state index is -1.19. The van der Waals surface area contributed by atoms with Crippen LogP contribution in [-0.2, 0) is 9.59 Å². The molecule has 0 radical (unpaired) electrons. The average molecular weight is 384 g/mol. The van der Waals surface area contributed by atoms with Gasteiger partial charge in [0, 0.05) is 0 Å². The molecular weight excluding hydrogens is 360 g/mol. The van der Waals surface area contributed by atoms with Gasteiger partial charge < -0.3 is 20.5 Å². The van der Waals surface area contributed by atoms with Crippen molar-refractivity contribution in [2.75, 3.05) is 13.2 Å². The molecule has 0 fully saturated rings. The molecule has 0 aliphatic heterocycles. The van der Waals surface area contributed by atoms with Crippen molar-refractivity contribution >= 4 is 17.8 Å². The van der Waals surface area contributed by atoms with E-state index in [1.807, 2.05) is 13.0 Å². The number of ether oxygens (including phenoxy) is 1. The third kappa shape index (κ3) is 5.09. The number of aryl methyl sites for hydroxylation is 1. The van der Waals surface area contributed by atoms with Gasteiger partial charge in [-0.3, -0.25) is 9.59 Å². The maximum Gasteiger partial charge on any atom is 0.330 e. The lowest BCUT2D eigenvalue weighted by molar-refractivity contribution is -0.141. The molecule has 28 heavy (non-hydrogen) atoms. The molecule has 0 heterocycles. The highest BCUT2D eigenvalue weighted by atomic mass is 16.5. The number of hydrogen-bond donors (Lipinski definition) is 3. The van der Waals surface area contributed by atoms with E-state index in [-0.39, 0.29) is 6.54 Å². The highest BCUT2D eigenvalue weighted by molar-refractivity contribution is 5.99. The number of amides is 2. The van der Waals surface area contributed by atoms with Crippen LogP contribution in [0, 0.1) is 13.8 Å². The van der Waals surface area contributed by atoms with Crippen molar-refractivity contribution in [3.8, 4) is 5.75 Å². The Morgan fingerprint density at radius 3 is 2.46 bits per heavy atom. The minimum Gasteiger partial charge on any atom is -0.493 e. The smallest absolute Gasteiger partial charge is 0.330 e. The van der Waals surface area contributed by atoms with Crippen LogP contribution in [0.5, 0.6) is 5.75 Å². The molecule has 0 aromatic heterocycles. The fraction of sp³-hybridized carbons (Fsp3) is 0.286. The second-order valence-electron chi connectivity index (χ2n) is 6.24. The van der Waals surface area contributed by atoms with Gasteiger partial charge in [0.05, 0.1) is 18.7 Å². The lowest BCUT2D eigenvalue weighted by Gasteiger charge is -2.18. The standard InChI is InChI=1S/C21H24N2O5/c1-4-28-17-11-6-5-9-16(17)20(25)22-12-18(24)23-19(21(26)27)15-10-7-8-13(2)14(15)3/h5-11,19H,4,12H2,1-3H3,(H,22,25)(H,23,24)(H,26,27). The molecule has 2 aromatic carbocycles. The second kappa shape index (κ2) is 9.55. The summed E-state index contributed by atoms with van der Waals surface area (Å²) in [5, 5.41) is 14.5. The highest BCUT2D eigenvalue weighted by Crippen LogP contribution is 2.21. The van der Waals surface area contributed by atoms with Crippen LogP contribution in [-0.4, -0.2) is 36.0 Å². The summed E-state index contributed by atoms with van der Waals surface area (Å²) >= 11 is 0. The van der Waals surface area contributed by atoms with E-state index in [9.17, 15) is 19.5 Å². The van der Waals surface area contributed by atoms with Crippen LogP contribution in [0.4, 0.5) is 0 Å². The molecule has 2 rings (SSSR count). The van der Waals surface area contributed by atoms with E-state index in [1.54, 1.807) is 50.2 Å². The first-order valence-corrected chi connectivity index (χ1v) is 8.93. The monoisotopic (exact) mass is 384 g/mol. The van der Waals surface area contributed by atoms with Gasteiger partial charge in [-0.25, -0.2) is 4.79 Å². The summed E-state index contributed by atoms with van der Waals surface area (Å²) in [6.07, 6.45) is 0. The van der Waals surface area contributed by atoms with Gasteiger partial charge in [0.25, 0.3) is 5.91 Å². The topological polar surface area (TPSA) is 105 Å². The van der Waals surface area contributed by atoms with Crippen molar-refractivity contribution in [3.05, 3.63) is 64.7 Å². The summed E-state index contributed by atoms with van der Waals surface area (Å²) in [5.41, 5.74) is 2.54. The average Bonchev–Trinajstić information content (AvgIpc) is 2.67. The molecule has 0 bridgehead atoms. The van der Waals surface area contributed by atoms with Gasteiger partial charge in [-0.1, -0.05) is 30.3 Å². The number of hydrogen-bond acceptors (Lipinski definition) is 4. The lowest BCUT2D eigenvalue weighted by Crippen LogP contribution is -2.41. The third-order valence-corrected chi connectivity index (χ3v) is 4.35. The van der Waals surface area contributed by atoms with Crippen molar-refractivity contribution in [2.24, 2.45) is 0 Å². The molecule has 0 saturated heterocycles. The minimum absolute atomic E-state index is 0.307. The Morgan fingerprint density at radius 2 is 1.79 bits per heavy atom. The molecule has 2 aromatic rings. The number of rotatable bonds is 8. The predicted octanol–water partition coefficient (Wildman–Crippen LogP) is 2.37. The molecule has 7 nitrogen and oxygen atoms in total. The van der Waals surface area contributed by atoms with Gasteiger partial charge in [-0.15, -0.1) is 0 Å². The quantitative estimate of drug-likeness (QED) is 0.648. The predicted molar refractivity (Wildman–Crippen MR) is 104 cm³/mol. The molecule has 148 valence electrons. The van der Waals surface area contributed by atoms with Crippen LogP contribution >= 0.6 is 0 Å². The van der Waals surface area contributed by atoms with Crippen molar-refractivity contribution in [2.45, 2.75) is 26.8 Å². The van der Waals surface area contributed by atoms with Gasteiger partial charge in [0.1, 0.15) is 5.75 Å². The van der Waals surface area contributed by atoms with Crippen LogP contribution in [0.2, 0.25) is 0 Å². The first-order chi connectivity index (χ1) is 13.3. The second-order valence-corrected chi connectivity index (χ2v) is 6.24. The Kier molecular flexibility index (Phi) is 7.14. The zero-order valence-corrected chi connectivity index (χ0v) is 16.1. The molecule has 1 atom stereocenters.